The second kappa shape index (κ2) is 10.4. The van der Waals surface area contributed by atoms with Crippen LogP contribution in [0.2, 0.25) is 0 Å². The number of nitrogens with zero attached hydrogens (tertiary/aromatic N) is 3. The van der Waals surface area contributed by atoms with Gasteiger partial charge in [0, 0.05) is 13.0 Å². The zero-order valence-corrected chi connectivity index (χ0v) is 21.5. The molecule has 0 fully saturated rings. The number of methoxy groups -OCH3 is 1. The van der Waals surface area contributed by atoms with Gasteiger partial charge in [0.2, 0.25) is 5.91 Å². The average molecular weight is 464 g/mol. The Labute approximate surface area is 202 Å². The second-order valence-corrected chi connectivity index (χ2v) is 10.2. The van der Waals surface area contributed by atoms with E-state index in [0.29, 0.717) is 41.1 Å². The van der Waals surface area contributed by atoms with Crippen LogP contribution in [0.1, 0.15) is 66.3 Å². The lowest BCUT2D eigenvalue weighted by atomic mass is 9.84. The molecule has 2 unspecified atom stereocenters. The molecular weight excluding hydrogens is 426 g/mol. The third-order valence-corrected chi connectivity index (χ3v) is 6.11. The Bertz CT molecular complexity index is 1210. The van der Waals surface area contributed by atoms with Crippen LogP contribution in [0.15, 0.2) is 53.3 Å². The fourth-order valence-corrected chi connectivity index (χ4v) is 4.82. The van der Waals surface area contributed by atoms with Crippen molar-refractivity contribution in [2.45, 2.75) is 60.4 Å². The molecule has 1 aromatic heterocycles. The predicted molar refractivity (Wildman–Crippen MR) is 138 cm³/mol. The van der Waals surface area contributed by atoms with Crippen LogP contribution in [0.5, 0.6) is 5.75 Å². The summed E-state index contributed by atoms with van der Waals surface area (Å²) in [4.78, 5) is 33.8. The highest BCUT2D eigenvalue weighted by atomic mass is 16.5. The molecule has 3 rings (SSSR count). The molecule has 0 saturated heterocycles. The molecule has 6 heteroatoms. The maximum Gasteiger partial charge on any atom is 0.266 e. The molecule has 2 atom stereocenters. The first-order valence-electron chi connectivity index (χ1n) is 12.0. The zero-order chi connectivity index (χ0) is 25.0. The fourth-order valence-electron chi connectivity index (χ4n) is 4.82. The number of fused-ring (bicyclic) bond motifs is 1. The monoisotopic (exact) mass is 463 g/mol. The molecule has 0 aliphatic rings. The molecule has 6 nitrogen and oxygen atoms in total. The summed E-state index contributed by atoms with van der Waals surface area (Å²) >= 11 is 0. The van der Waals surface area contributed by atoms with Crippen LogP contribution in [0.25, 0.3) is 16.6 Å². The number of aromatic nitrogens is 2. The quantitative estimate of drug-likeness (QED) is 0.426. The van der Waals surface area contributed by atoms with Gasteiger partial charge in [0.05, 0.1) is 29.7 Å². The first-order chi connectivity index (χ1) is 16.1. The largest absolute Gasteiger partial charge is 0.495 e. The van der Waals surface area contributed by atoms with Crippen LogP contribution in [0, 0.1) is 11.3 Å². The van der Waals surface area contributed by atoms with E-state index < -0.39 is 6.04 Å². The number of carbonyl (C=O) groups excluding carboxylic acids is 1. The van der Waals surface area contributed by atoms with Gasteiger partial charge in [-0.2, -0.15) is 0 Å². The average Bonchev–Trinajstić information content (AvgIpc) is 2.78. The summed E-state index contributed by atoms with van der Waals surface area (Å²) in [5.74, 6) is 1.42. The van der Waals surface area contributed by atoms with Gasteiger partial charge in [-0.25, -0.2) is 4.98 Å². The van der Waals surface area contributed by atoms with Gasteiger partial charge in [-0.15, -0.1) is 0 Å². The molecule has 0 spiro atoms. The Balaban J connectivity index is 2.11. The van der Waals surface area contributed by atoms with Gasteiger partial charge in [-0.3, -0.25) is 14.2 Å². The number of amides is 1. The van der Waals surface area contributed by atoms with Gasteiger partial charge in [0.1, 0.15) is 11.6 Å². The third kappa shape index (κ3) is 5.49. The van der Waals surface area contributed by atoms with Crippen molar-refractivity contribution in [2.24, 2.45) is 11.3 Å². The summed E-state index contributed by atoms with van der Waals surface area (Å²) in [6.07, 6.45) is 1.42. The normalized spacial score (nSPS) is 13.5. The van der Waals surface area contributed by atoms with Crippen molar-refractivity contribution in [3.63, 3.8) is 0 Å². The van der Waals surface area contributed by atoms with Gasteiger partial charge in [0.15, 0.2) is 0 Å². The molecule has 1 amide bonds. The van der Waals surface area contributed by atoms with E-state index in [4.69, 9.17) is 9.72 Å². The SMILES string of the molecule is CCN(C(=O)CC(C)CC(C)(C)C)C(C)c1nc2ccccc2c(=O)n1-c1ccccc1OC. The molecule has 0 aliphatic heterocycles. The highest BCUT2D eigenvalue weighted by Crippen LogP contribution is 2.30. The summed E-state index contributed by atoms with van der Waals surface area (Å²) in [5, 5.41) is 0.525. The Morgan fingerprint density at radius 3 is 2.38 bits per heavy atom. The predicted octanol–water partition coefficient (Wildman–Crippen LogP) is 5.77. The lowest BCUT2D eigenvalue weighted by Crippen LogP contribution is -2.38. The van der Waals surface area contributed by atoms with E-state index in [-0.39, 0.29) is 22.8 Å². The maximum atomic E-state index is 13.7. The molecule has 0 aliphatic carbocycles. The van der Waals surface area contributed by atoms with Crippen LogP contribution >= 0.6 is 0 Å². The minimum atomic E-state index is -0.401. The van der Waals surface area contributed by atoms with Gasteiger partial charge >= 0.3 is 0 Å². The number of hydrogen-bond acceptors (Lipinski definition) is 4. The van der Waals surface area contributed by atoms with E-state index in [9.17, 15) is 9.59 Å². The summed E-state index contributed by atoms with van der Waals surface area (Å²) < 4.78 is 7.16. The number of carbonyl (C=O) groups is 1. The summed E-state index contributed by atoms with van der Waals surface area (Å²) in [6.45, 7) is 13.1. The van der Waals surface area contributed by atoms with Crippen molar-refractivity contribution in [3.8, 4) is 11.4 Å². The van der Waals surface area contributed by atoms with E-state index in [0.717, 1.165) is 6.42 Å². The minimum Gasteiger partial charge on any atom is -0.495 e. The van der Waals surface area contributed by atoms with Gasteiger partial charge in [-0.05, 0) is 55.9 Å². The van der Waals surface area contributed by atoms with Crippen molar-refractivity contribution in [2.75, 3.05) is 13.7 Å². The van der Waals surface area contributed by atoms with Crippen LogP contribution in [0.4, 0.5) is 0 Å². The number of para-hydroxylation sites is 3. The molecule has 0 N–H and O–H groups in total. The van der Waals surface area contributed by atoms with Gasteiger partial charge < -0.3 is 9.64 Å². The fraction of sp³-hybridized carbons (Fsp3) is 0.464. The topological polar surface area (TPSA) is 64.4 Å². The zero-order valence-electron chi connectivity index (χ0n) is 21.5. The molecule has 182 valence electrons. The van der Waals surface area contributed by atoms with Crippen molar-refractivity contribution in [1.82, 2.24) is 14.5 Å². The first kappa shape index (κ1) is 25.5. The van der Waals surface area contributed by atoms with Crippen LogP contribution in [-0.4, -0.2) is 34.0 Å². The Hall–Kier alpha value is -3.15. The highest BCUT2D eigenvalue weighted by Gasteiger charge is 2.28. The number of ether oxygens (including phenoxy) is 1. The summed E-state index contributed by atoms with van der Waals surface area (Å²) in [7, 11) is 1.58. The molecule has 2 aromatic carbocycles. The molecule has 3 aromatic rings. The van der Waals surface area contributed by atoms with Crippen molar-refractivity contribution >= 4 is 16.8 Å². The molecular formula is C28H37N3O3. The van der Waals surface area contributed by atoms with E-state index in [1.807, 2.05) is 61.2 Å². The van der Waals surface area contributed by atoms with E-state index in [1.165, 1.54) is 0 Å². The first-order valence-corrected chi connectivity index (χ1v) is 12.0. The van der Waals surface area contributed by atoms with Crippen LogP contribution in [-0.2, 0) is 4.79 Å². The van der Waals surface area contributed by atoms with Crippen molar-refractivity contribution in [1.29, 1.82) is 0 Å². The molecule has 0 saturated carbocycles. The van der Waals surface area contributed by atoms with Crippen LogP contribution < -0.4 is 10.3 Å². The van der Waals surface area contributed by atoms with E-state index in [1.54, 1.807) is 17.7 Å². The smallest absolute Gasteiger partial charge is 0.266 e. The third-order valence-electron chi connectivity index (χ3n) is 6.11. The van der Waals surface area contributed by atoms with E-state index in [2.05, 4.69) is 27.7 Å². The van der Waals surface area contributed by atoms with Gasteiger partial charge in [-0.1, -0.05) is 52.0 Å². The minimum absolute atomic E-state index is 0.0701. The van der Waals surface area contributed by atoms with Crippen molar-refractivity contribution < 1.29 is 9.53 Å². The number of hydrogen-bond donors (Lipinski definition) is 0. The lowest BCUT2D eigenvalue weighted by molar-refractivity contribution is -0.134. The molecule has 1 heterocycles. The maximum absolute atomic E-state index is 13.7. The summed E-state index contributed by atoms with van der Waals surface area (Å²) in [5.41, 5.74) is 1.21. The lowest BCUT2D eigenvalue weighted by Gasteiger charge is -2.31. The Morgan fingerprint density at radius 2 is 1.74 bits per heavy atom. The van der Waals surface area contributed by atoms with E-state index >= 15 is 0 Å². The standard InChI is InChI=1S/C28H37N3O3/c1-8-30(25(32)17-19(2)18-28(4,5)6)20(3)26-29-22-14-10-9-13-21(22)27(33)31(26)23-15-11-12-16-24(23)34-7/h9-16,19-20H,8,17-18H2,1-7H3. The molecule has 0 radical (unpaired) electrons. The highest BCUT2D eigenvalue weighted by molar-refractivity contribution is 5.79. The number of benzene rings is 2. The van der Waals surface area contributed by atoms with Crippen LogP contribution in [0.3, 0.4) is 0 Å². The summed E-state index contributed by atoms with van der Waals surface area (Å²) in [6, 6.07) is 14.3. The Kier molecular flexibility index (Phi) is 7.80. The van der Waals surface area contributed by atoms with Gasteiger partial charge in [0.25, 0.3) is 5.56 Å². The number of rotatable bonds is 8. The molecule has 0 bridgehead atoms. The second-order valence-electron chi connectivity index (χ2n) is 10.2. The Morgan fingerprint density at radius 1 is 1.09 bits per heavy atom. The van der Waals surface area contributed by atoms with Crippen molar-refractivity contribution in [3.05, 3.63) is 64.7 Å². The molecule has 34 heavy (non-hydrogen) atoms.